The van der Waals surface area contributed by atoms with Gasteiger partial charge in [-0.2, -0.15) is 0 Å². The van der Waals surface area contributed by atoms with Crippen molar-refractivity contribution in [2.24, 2.45) is 5.41 Å². The van der Waals surface area contributed by atoms with Gasteiger partial charge in [-0.05, 0) is 38.0 Å². The minimum atomic E-state index is -0.658. The third kappa shape index (κ3) is 4.12. The molecule has 1 saturated carbocycles. The molecule has 0 spiro atoms. The van der Waals surface area contributed by atoms with Crippen molar-refractivity contribution in [2.75, 3.05) is 6.61 Å². The lowest BCUT2D eigenvalue weighted by atomic mass is 9.68. The topological polar surface area (TPSA) is 46.5 Å². The van der Waals surface area contributed by atoms with Crippen molar-refractivity contribution in [3.63, 3.8) is 0 Å². The molecule has 0 heterocycles. The molecule has 1 unspecified atom stereocenters. The Balaban J connectivity index is 2.42. The standard InChI is InChI=1S/C13H24O3/c1-4-16-11(14)6-9-13(15)8-5-7-12(2,3)10-13/h15H,4-10H2,1-3H3. The van der Waals surface area contributed by atoms with Crippen LogP contribution in [-0.2, 0) is 9.53 Å². The third-order valence-corrected chi connectivity index (χ3v) is 3.40. The van der Waals surface area contributed by atoms with Crippen molar-refractivity contribution in [1.82, 2.24) is 0 Å². The maximum atomic E-state index is 11.3. The number of esters is 1. The molecule has 0 aliphatic heterocycles. The predicted octanol–water partition coefficient (Wildman–Crippen LogP) is 2.66. The van der Waals surface area contributed by atoms with E-state index in [2.05, 4.69) is 13.8 Å². The Hall–Kier alpha value is -0.570. The zero-order valence-electron chi connectivity index (χ0n) is 10.7. The minimum absolute atomic E-state index is 0.195. The van der Waals surface area contributed by atoms with Gasteiger partial charge >= 0.3 is 5.97 Å². The first-order chi connectivity index (χ1) is 7.37. The summed E-state index contributed by atoms with van der Waals surface area (Å²) in [6, 6.07) is 0. The van der Waals surface area contributed by atoms with Gasteiger partial charge < -0.3 is 9.84 Å². The molecule has 0 aromatic heterocycles. The summed E-state index contributed by atoms with van der Waals surface area (Å²) in [5.74, 6) is -0.195. The van der Waals surface area contributed by atoms with Gasteiger partial charge in [-0.15, -0.1) is 0 Å². The SMILES string of the molecule is CCOC(=O)CCC1(O)CCCC(C)(C)C1. The van der Waals surface area contributed by atoms with Crippen LogP contribution in [-0.4, -0.2) is 23.3 Å². The molecule has 1 aliphatic carbocycles. The van der Waals surface area contributed by atoms with Crippen LogP contribution >= 0.6 is 0 Å². The normalized spacial score (nSPS) is 28.8. The van der Waals surface area contributed by atoms with E-state index in [9.17, 15) is 9.90 Å². The molecule has 1 atom stereocenters. The van der Waals surface area contributed by atoms with E-state index in [1.807, 2.05) is 0 Å². The summed E-state index contributed by atoms with van der Waals surface area (Å²) in [6.45, 7) is 6.59. The van der Waals surface area contributed by atoms with Gasteiger partial charge in [-0.25, -0.2) is 0 Å². The Morgan fingerprint density at radius 2 is 2.06 bits per heavy atom. The highest BCUT2D eigenvalue weighted by molar-refractivity contribution is 5.69. The molecule has 16 heavy (non-hydrogen) atoms. The second-order valence-electron chi connectivity index (χ2n) is 5.72. The first-order valence-electron chi connectivity index (χ1n) is 6.25. The van der Waals surface area contributed by atoms with Crippen LogP contribution < -0.4 is 0 Å². The number of ether oxygens (including phenoxy) is 1. The first kappa shape index (κ1) is 13.5. The molecule has 1 fully saturated rings. The second kappa shape index (κ2) is 5.17. The van der Waals surface area contributed by atoms with Gasteiger partial charge in [0.25, 0.3) is 0 Å². The van der Waals surface area contributed by atoms with Gasteiger partial charge in [-0.1, -0.05) is 20.3 Å². The first-order valence-corrected chi connectivity index (χ1v) is 6.25. The maximum Gasteiger partial charge on any atom is 0.305 e. The molecular weight excluding hydrogens is 204 g/mol. The van der Waals surface area contributed by atoms with E-state index in [-0.39, 0.29) is 11.4 Å². The molecule has 0 amide bonds. The van der Waals surface area contributed by atoms with E-state index in [1.165, 1.54) is 0 Å². The summed E-state index contributed by atoms with van der Waals surface area (Å²) >= 11 is 0. The average Bonchev–Trinajstić information content (AvgIpc) is 2.13. The molecule has 0 aromatic carbocycles. The van der Waals surface area contributed by atoms with Crippen LogP contribution in [0.2, 0.25) is 0 Å². The molecular formula is C13H24O3. The summed E-state index contributed by atoms with van der Waals surface area (Å²) in [7, 11) is 0. The van der Waals surface area contributed by atoms with Crippen molar-refractivity contribution in [2.45, 2.75) is 64.9 Å². The monoisotopic (exact) mass is 228 g/mol. The van der Waals surface area contributed by atoms with E-state index >= 15 is 0 Å². The molecule has 0 bridgehead atoms. The van der Waals surface area contributed by atoms with E-state index < -0.39 is 5.60 Å². The van der Waals surface area contributed by atoms with Crippen molar-refractivity contribution in [3.8, 4) is 0 Å². The summed E-state index contributed by atoms with van der Waals surface area (Å²) in [5.41, 5.74) is -0.462. The van der Waals surface area contributed by atoms with Crippen LogP contribution in [0.3, 0.4) is 0 Å². The Bertz CT molecular complexity index is 248. The number of hydrogen-bond acceptors (Lipinski definition) is 3. The zero-order valence-corrected chi connectivity index (χ0v) is 10.7. The van der Waals surface area contributed by atoms with Crippen molar-refractivity contribution in [1.29, 1.82) is 0 Å². The molecule has 3 heteroatoms. The van der Waals surface area contributed by atoms with E-state index in [0.717, 1.165) is 25.7 Å². The molecule has 94 valence electrons. The van der Waals surface area contributed by atoms with Crippen molar-refractivity contribution in [3.05, 3.63) is 0 Å². The van der Waals surface area contributed by atoms with Crippen LogP contribution in [0, 0.1) is 5.41 Å². The predicted molar refractivity (Wildman–Crippen MR) is 63.1 cm³/mol. The van der Waals surface area contributed by atoms with Crippen LogP contribution in [0.5, 0.6) is 0 Å². The maximum absolute atomic E-state index is 11.3. The fourth-order valence-corrected chi connectivity index (χ4v) is 2.74. The highest BCUT2D eigenvalue weighted by atomic mass is 16.5. The number of carbonyl (C=O) groups is 1. The van der Waals surface area contributed by atoms with E-state index in [0.29, 0.717) is 19.4 Å². The minimum Gasteiger partial charge on any atom is -0.466 e. The van der Waals surface area contributed by atoms with Crippen molar-refractivity contribution >= 4 is 5.97 Å². The van der Waals surface area contributed by atoms with Crippen LogP contribution in [0.4, 0.5) is 0 Å². The van der Waals surface area contributed by atoms with Crippen LogP contribution in [0.1, 0.15) is 59.3 Å². The van der Waals surface area contributed by atoms with E-state index in [4.69, 9.17) is 4.74 Å². The molecule has 3 nitrogen and oxygen atoms in total. The highest BCUT2D eigenvalue weighted by Crippen LogP contribution is 2.42. The van der Waals surface area contributed by atoms with Crippen LogP contribution in [0.25, 0.3) is 0 Å². The summed E-state index contributed by atoms with van der Waals surface area (Å²) in [5, 5.41) is 10.4. The van der Waals surface area contributed by atoms with Gasteiger partial charge in [-0.3, -0.25) is 4.79 Å². The number of carbonyl (C=O) groups excluding carboxylic acids is 1. The Morgan fingerprint density at radius 1 is 1.38 bits per heavy atom. The quantitative estimate of drug-likeness (QED) is 0.752. The van der Waals surface area contributed by atoms with Crippen LogP contribution in [0.15, 0.2) is 0 Å². The molecule has 0 saturated heterocycles. The highest BCUT2D eigenvalue weighted by Gasteiger charge is 2.38. The average molecular weight is 228 g/mol. The Labute approximate surface area is 98.2 Å². The van der Waals surface area contributed by atoms with Gasteiger partial charge in [0, 0.05) is 6.42 Å². The van der Waals surface area contributed by atoms with Gasteiger partial charge in [0.1, 0.15) is 0 Å². The lowest BCUT2D eigenvalue weighted by Crippen LogP contribution is -2.39. The Morgan fingerprint density at radius 3 is 2.62 bits per heavy atom. The zero-order chi connectivity index (χ0) is 12.2. The smallest absolute Gasteiger partial charge is 0.305 e. The lowest BCUT2D eigenvalue weighted by molar-refractivity contribution is -0.145. The molecule has 1 N–H and O–H groups in total. The third-order valence-electron chi connectivity index (χ3n) is 3.40. The number of rotatable bonds is 4. The van der Waals surface area contributed by atoms with Crippen molar-refractivity contribution < 1.29 is 14.6 Å². The second-order valence-corrected chi connectivity index (χ2v) is 5.72. The largest absolute Gasteiger partial charge is 0.466 e. The number of hydrogen-bond donors (Lipinski definition) is 1. The van der Waals surface area contributed by atoms with Gasteiger partial charge in [0.15, 0.2) is 0 Å². The molecule has 0 radical (unpaired) electrons. The molecule has 1 aliphatic rings. The molecule has 1 rings (SSSR count). The fourth-order valence-electron chi connectivity index (χ4n) is 2.74. The summed E-state index contributed by atoms with van der Waals surface area (Å²) < 4.78 is 4.88. The lowest BCUT2D eigenvalue weighted by Gasteiger charge is -2.41. The fraction of sp³-hybridized carbons (Fsp3) is 0.923. The van der Waals surface area contributed by atoms with E-state index in [1.54, 1.807) is 6.92 Å². The summed E-state index contributed by atoms with van der Waals surface area (Å²) in [6.07, 6.45) is 4.69. The Kier molecular flexibility index (Phi) is 4.36. The number of aliphatic hydroxyl groups is 1. The van der Waals surface area contributed by atoms with Gasteiger partial charge in [0.05, 0.1) is 12.2 Å². The summed E-state index contributed by atoms with van der Waals surface area (Å²) in [4.78, 5) is 11.3. The van der Waals surface area contributed by atoms with Gasteiger partial charge in [0.2, 0.25) is 0 Å². The molecule has 0 aromatic rings.